The van der Waals surface area contributed by atoms with Crippen LogP contribution in [-0.2, 0) is 26.2 Å². The van der Waals surface area contributed by atoms with Crippen molar-refractivity contribution in [3.8, 4) is 11.5 Å². The third-order valence-corrected chi connectivity index (χ3v) is 8.66. The van der Waals surface area contributed by atoms with Gasteiger partial charge in [0.1, 0.15) is 17.5 Å². The zero-order valence-electron chi connectivity index (χ0n) is 23.7. The number of carbonyl (C=O) groups excluding carboxylic acids is 2. The minimum atomic E-state index is -3.64. The summed E-state index contributed by atoms with van der Waals surface area (Å²) in [6.45, 7) is 2.23. The van der Waals surface area contributed by atoms with Gasteiger partial charge in [0.05, 0.1) is 31.2 Å². The van der Waals surface area contributed by atoms with Crippen molar-refractivity contribution in [1.82, 2.24) is 10.2 Å². The number of carbonyl (C=O) groups is 2. The predicted octanol–water partition coefficient (Wildman–Crippen LogP) is 4.77. The van der Waals surface area contributed by atoms with Crippen LogP contribution >= 0.6 is 11.6 Å². The number of methoxy groups -OCH3 is 2. The summed E-state index contributed by atoms with van der Waals surface area (Å²) in [5.41, 5.74) is 1.25. The number of nitrogens with zero attached hydrogens (tertiary/aromatic N) is 2. The highest BCUT2D eigenvalue weighted by Crippen LogP contribution is 2.30. The average Bonchev–Trinajstić information content (AvgIpc) is 3.43. The van der Waals surface area contributed by atoms with E-state index >= 15 is 0 Å². The zero-order chi connectivity index (χ0) is 29.3. The molecule has 220 valence electrons. The number of hydrogen-bond acceptors (Lipinski definition) is 6. The minimum absolute atomic E-state index is 0.0687. The van der Waals surface area contributed by atoms with Crippen LogP contribution < -0.4 is 19.1 Å². The molecule has 9 nitrogen and oxygen atoms in total. The number of amides is 2. The van der Waals surface area contributed by atoms with Crippen LogP contribution in [0, 0.1) is 0 Å². The zero-order valence-corrected chi connectivity index (χ0v) is 25.3. The van der Waals surface area contributed by atoms with E-state index in [1.807, 2.05) is 31.2 Å². The number of ether oxygens (including phenoxy) is 2. The van der Waals surface area contributed by atoms with Gasteiger partial charge in [0.25, 0.3) is 0 Å². The van der Waals surface area contributed by atoms with Gasteiger partial charge in [0, 0.05) is 25.6 Å². The van der Waals surface area contributed by atoms with Crippen LogP contribution in [0.15, 0.2) is 42.5 Å². The minimum Gasteiger partial charge on any atom is -0.497 e. The van der Waals surface area contributed by atoms with Crippen molar-refractivity contribution in [2.24, 2.45) is 0 Å². The highest BCUT2D eigenvalue weighted by atomic mass is 35.5. The molecule has 0 aromatic heterocycles. The van der Waals surface area contributed by atoms with Gasteiger partial charge in [-0.05, 0) is 61.6 Å². The van der Waals surface area contributed by atoms with Crippen LogP contribution in [0.25, 0.3) is 0 Å². The quantitative estimate of drug-likeness (QED) is 0.338. The molecule has 1 atom stereocenters. The summed E-state index contributed by atoms with van der Waals surface area (Å²) >= 11 is 6.23. The molecule has 3 rings (SSSR count). The van der Waals surface area contributed by atoms with Crippen LogP contribution in [0.3, 0.4) is 0 Å². The smallest absolute Gasteiger partial charge is 0.243 e. The van der Waals surface area contributed by atoms with Crippen molar-refractivity contribution in [1.29, 1.82) is 0 Å². The van der Waals surface area contributed by atoms with Crippen molar-refractivity contribution >= 4 is 39.1 Å². The summed E-state index contributed by atoms with van der Waals surface area (Å²) in [7, 11) is -0.572. The molecule has 0 spiro atoms. The fourth-order valence-corrected chi connectivity index (χ4v) is 6.24. The summed E-state index contributed by atoms with van der Waals surface area (Å²) in [5, 5.41) is 3.42. The SMILES string of the molecule is CC[C@H](C(=O)NC1CCCC1)N(Cc1ccc(OC)cc1)C(=O)CCCN(c1ccc(OC)c(Cl)c1)S(C)(=O)=O. The third-order valence-electron chi connectivity index (χ3n) is 7.17. The monoisotopic (exact) mass is 593 g/mol. The van der Waals surface area contributed by atoms with Crippen molar-refractivity contribution in [2.45, 2.75) is 70.5 Å². The number of benzene rings is 2. The Morgan fingerprint density at radius 2 is 1.75 bits per heavy atom. The van der Waals surface area contributed by atoms with Crippen LogP contribution in [0.4, 0.5) is 5.69 Å². The van der Waals surface area contributed by atoms with E-state index in [9.17, 15) is 18.0 Å². The average molecular weight is 594 g/mol. The number of hydrogen-bond donors (Lipinski definition) is 1. The molecule has 0 radical (unpaired) electrons. The molecule has 11 heteroatoms. The van der Waals surface area contributed by atoms with Crippen LogP contribution in [0.2, 0.25) is 5.02 Å². The number of nitrogens with one attached hydrogen (secondary N) is 1. The van der Waals surface area contributed by atoms with E-state index in [4.69, 9.17) is 21.1 Å². The molecule has 0 unspecified atom stereocenters. The predicted molar refractivity (Wildman–Crippen MR) is 157 cm³/mol. The Bertz CT molecular complexity index is 1250. The highest BCUT2D eigenvalue weighted by Gasteiger charge is 2.30. The molecule has 1 N–H and O–H groups in total. The first kappa shape index (κ1) is 31.5. The normalized spacial score (nSPS) is 14.4. The Balaban J connectivity index is 1.77. The van der Waals surface area contributed by atoms with E-state index in [2.05, 4.69) is 5.32 Å². The lowest BCUT2D eigenvalue weighted by molar-refractivity contribution is -0.141. The number of anilines is 1. The molecule has 1 aliphatic rings. The van der Waals surface area contributed by atoms with Crippen LogP contribution in [-0.4, -0.2) is 64.2 Å². The van der Waals surface area contributed by atoms with E-state index in [0.717, 1.165) is 37.5 Å². The van der Waals surface area contributed by atoms with Crippen molar-refractivity contribution in [3.05, 3.63) is 53.1 Å². The summed E-state index contributed by atoms with van der Waals surface area (Å²) in [5.74, 6) is 0.768. The maximum absolute atomic E-state index is 13.6. The summed E-state index contributed by atoms with van der Waals surface area (Å²) in [6.07, 6.45) is 5.98. The van der Waals surface area contributed by atoms with Gasteiger partial charge in [0.2, 0.25) is 21.8 Å². The lowest BCUT2D eigenvalue weighted by Crippen LogP contribution is -2.51. The van der Waals surface area contributed by atoms with Gasteiger partial charge in [-0.3, -0.25) is 13.9 Å². The summed E-state index contributed by atoms with van der Waals surface area (Å²) in [6, 6.07) is 11.6. The summed E-state index contributed by atoms with van der Waals surface area (Å²) < 4.78 is 36.8. The lowest BCUT2D eigenvalue weighted by Gasteiger charge is -2.32. The molecule has 40 heavy (non-hydrogen) atoms. The van der Waals surface area contributed by atoms with E-state index < -0.39 is 16.1 Å². The van der Waals surface area contributed by atoms with Gasteiger partial charge in [-0.2, -0.15) is 0 Å². The van der Waals surface area contributed by atoms with E-state index in [0.29, 0.717) is 23.6 Å². The molecular formula is C29H40ClN3O6S. The first-order chi connectivity index (χ1) is 19.1. The second kappa shape index (κ2) is 14.6. The Morgan fingerprint density at radius 3 is 2.30 bits per heavy atom. The van der Waals surface area contributed by atoms with E-state index in [1.54, 1.807) is 24.1 Å². The van der Waals surface area contributed by atoms with Gasteiger partial charge in [-0.1, -0.05) is 43.5 Å². The standard InChI is InChI=1S/C29H40ClN3O6S/c1-5-26(29(35)31-22-9-6-7-10-22)32(20-21-12-15-24(38-2)16-13-21)28(34)11-8-18-33(40(4,36)37)23-14-17-27(39-3)25(30)19-23/h12-17,19,22,26H,5-11,18,20H2,1-4H3,(H,31,35)/t26-/m1/s1. The highest BCUT2D eigenvalue weighted by molar-refractivity contribution is 7.92. The molecular weight excluding hydrogens is 554 g/mol. The van der Waals surface area contributed by atoms with E-state index in [-0.39, 0.29) is 48.8 Å². The second-order valence-corrected chi connectivity index (χ2v) is 12.4. The molecule has 2 aromatic carbocycles. The molecule has 2 amide bonds. The molecule has 1 fully saturated rings. The number of sulfonamides is 1. The molecule has 0 aliphatic heterocycles. The number of rotatable bonds is 14. The van der Waals surface area contributed by atoms with Gasteiger partial charge in [-0.25, -0.2) is 8.42 Å². The van der Waals surface area contributed by atoms with Gasteiger partial charge in [0.15, 0.2) is 0 Å². The Labute approximate surface area is 242 Å². The Kier molecular flexibility index (Phi) is 11.5. The second-order valence-electron chi connectivity index (χ2n) is 10.0. The van der Waals surface area contributed by atoms with Crippen molar-refractivity contribution < 1.29 is 27.5 Å². The molecule has 0 heterocycles. The third kappa shape index (κ3) is 8.51. The topological polar surface area (TPSA) is 105 Å². The fraction of sp³-hybridized carbons (Fsp3) is 0.517. The van der Waals surface area contributed by atoms with Crippen LogP contribution in [0.5, 0.6) is 11.5 Å². The molecule has 1 aliphatic carbocycles. The Morgan fingerprint density at radius 1 is 1.07 bits per heavy atom. The first-order valence-corrected chi connectivity index (χ1v) is 15.8. The van der Waals surface area contributed by atoms with Crippen molar-refractivity contribution in [3.63, 3.8) is 0 Å². The largest absolute Gasteiger partial charge is 0.497 e. The lowest BCUT2D eigenvalue weighted by atomic mass is 10.1. The maximum Gasteiger partial charge on any atom is 0.243 e. The van der Waals surface area contributed by atoms with Gasteiger partial charge < -0.3 is 19.7 Å². The Hall–Kier alpha value is -2.98. The molecule has 2 aromatic rings. The number of halogens is 1. The van der Waals surface area contributed by atoms with Gasteiger partial charge >= 0.3 is 0 Å². The molecule has 0 bridgehead atoms. The van der Waals surface area contributed by atoms with E-state index in [1.165, 1.54) is 17.5 Å². The molecule has 0 saturated heterocycles. The summed E-state index contributed by atoms with van der Waals surface area (Å²) in [4.78, 5) is 28.6. The first-order valence-electron chi connectivity index (χ1n) is 13.6. The van der Waals surface area contributed by atoms with Gasteiger partial charge in [-0.15, -0.1) is 0 Å². The maximum atomic E-state index is 13.6. The fourth-order valence-electron chi connectivity index (χ4n) is 5.03. The van der Waals surface area contributed by atoms with Crippen molar-refractivity contribution in [2.75, 3.05) is 31.3 Å². The van der Waals surface area contributed by atoms with Crippen LogP contribution in [0.1, 0.15) is 57.4 Å². The molecule has 1 saturated carbocycles.